The molecule has 13 aromatic carbocycles. The van der Waals surface area contributed by atoms with Gasteiger partial charge in [-0.05, 0) is 220 Å². The van der Waals surface area contributed by atoms with Gasteiger partial charge in [0.15, 0.2) is 0 Å². The zero-order chi connectivity index (χ0) is 59.2. The Balaban J connectivity index is 1.14. The Morgan fingerprint density at radius 1 is 0.282 bits per heavy atom. The molecule has 0 unspecified atom stereocenters. The second kappa shape index (κ2) is 18.1. The number of hydrogen-bond donors (Lipinski definition) is 0. The number of anilines is 6. The predicted molar refractivity (Wildman–Crippen MR) is 373 cm³/mol. The summed E-state index contributed by atoms with van der Waals surface area (Å²) in [5.74, 6) is 0. The van der Waals surface area contributed by atoms with Crippen LogP contribution in [0, 0.1) is 0 Å². The molecule has 0 fully saturated rings. The Morgan fingerprint density at radius 3 is 1.08 bits per heavy atom. The maximum atomic E-state index is 2.72. The molecule has 2 aliphatic heterocycles. The lowest BCUT2D eigenvalue weighted by Crippen LogP contribution is -2.61. The third-order valence-electron chi connectivity index (χ3n) is 19.3. The third-order valence-corrected chi connectivity index (χ3v) is 19.3. The van der Waals surface area contributed by atoms with E-state index in [9.17, 15) is 0 Å². The average molecular weight is 1100 g/mol. The van der Waals surface area contributed by atoms with Crippen molar-refractivity contribution >= 4 is 133 Å². The highest BCUT2D eigenvalue weighted by Gasteiger charge is 2.46. The highest BCUT2D eigenvalue weighted by Crippen LogP contribution is 2.52. The van der Waals surface area contributed by atoms with Gasteiger partial charge in [-0.1, -0.05) is 225 Å². The van der Waals surface area contributed by atoms with Gasteiger partial charge in [0.25, 0.3) is 6.71 Å². The van der Waals surface area contributed by atoms with Crippen molar-refractivity contribution in [2.45, 2.75) is 131 Å². The predicted octanol–water partition coefficient (Wildman–Crippen LogP) is 21.4. The van der Waals surface area contributed by atoms with Gasteiger partial charge >= 0.3 is 0 Å². The first-order valence-electron chi connectivity index (χ1n) is 31.0. The molecule has 0 spiro atoms. The molecule has 3 heteroatoms. The molecule has 0 amide bonds. The standard InChI is InChI=1S/C82H77BN2/c1-78(2,3)59-42-60(79(4,5)6)45-63(44-59)84-71-40-58(57-36-55-25-24-48-27-31-68(82(13,14)15)65-30-26-56(37-57)73(55)74(48)65)41-72-75(71)83(69-32-28-53-34-49-20-16-18-22-51(49)38-66(53)76(69)84)70-33-29-54-35-50-21-17-19-23-52(50)39-67(54)77(70)85(72)64-46-61(80(7,8)9)43-62(47-64)81(10,11)12/h16-47H,1-15H3. The van der Waals surface area contributed by atoms with Gasteiger partial charge in [0.2, 0.25) is 0 Å². The van der Waals surface area contributed by atoms with Crippen LogP contribution in [0.4, 0.5) is 34.1 Å². The molecule has 0 saturated heterocycles. The fourth-order valence-electron chi connectivity index (χ4n) is 14.6. The summed E-state index contributed by atoms with van der Waals surface area (Å²) >= 11 is 0. The van der Waals surface area contributed by atoms with Crippen molar-refractivity contribution in [3.63, 3.8) is 0 Å². The van der Waals surface area contributed by atoms with Crippen LogP contribution in [-0.2, 0) is 27.1 Å². The Labute approximate surface area is 503 Å². The maximum Gasteiger partial charge on any atom is 0.252 e. The lowest BCUT2D eigenvalue weighted by molar-refractivity contribution is 0.568. The van der Waals surface area contributed by atoms with Crippen LogP contribution < -0.4 is 26.2 Å². The molecule has 2 heterocycles. The van der Waals surface area contributed by atoms with E-state index in [0.29, 0.717) is 0 Å². The number of fused-ring (bicyclic) bond motifs is 10. The molecule has 85 heavy (non-hydrogen) atoms. The summed E-state index contributed by atoms with van der Waals surface area (Å²) in [6, 6.07) is 76.9. The highest BCUT2D eigenvalue weighted by molar-refractivity contribution is 7.00. The topological polar surface area (TPSA) is 6.48 Å². The van der Waals surface area contributed by atoms with Gasteiger partial charge in [-0.15, -0.1) is 0 Å². The summed E-state index contributed by atoms with van der Waals surface area (Å²) < 4.78 is 0. The summed E-state index contributed by atoms with van der Waals surface area (Å²) in [5.41, 5.74) is 19.9. The van der Waals surface area contributed by atoms with Gasteiger partial charge < -0.3 is 9.80 Å². The van der Waals surface area contributed by atoms with Gasteiger partial charge in [0.05, 0.1) is 0 Å². The summed E-state index contributed by atoms with van der Waals surface area (Å²) in [4.78, 5) is 5.44. The van der Waals surface area contributed by atoms with Crippen LogP contribution in [0.5, 0.6) is 0 Å². The molecular formula is C82H77BN2. The normalized spacial score (nSPS) is 14.0. The Kier molecular flexibility index (Phi) is 11.3. The fourth-order valence-corrected chi connectivity index (χ4v) is 14.6. The molecule has 13 aromatic rings. The minimum absolute atomic E-state index is 0.00175. The SMILES string of the molecule is CC(C)(C)c1cc(N2c3cc(-c4cc5ccc6ccc(C(C)(C)C)c7ccc(c4)c5c67)cc4c3B(c3ccc5cc6ccccc6cc5c32)c2ccc3cc5ccccc5cc3c2N4c2cc(C(C)(C)C)cc(C(C)(C)C)c2)cc(C(C)(C)C)c1. The first kappa shape index (κ1) is 53.3. The van der Waals surface area contributed by atoms with Gasteiger partial charge in [-0.2, -0.15) is 0 Å². The van der Waals surface area contributed by atoms with Gasteiger partial charge in [0, 0.05) is 44.9 Å². The van der Waals surface area contributed by atoms with Gasteiger partial charge in [0.1, 0.15) is 0 Å². The van der Waals surface area contributed by atoms with E-state index in [1.165, 1.54) is 165 Å². The first-order valence-corrected chi connectivity index (χ1v) is 31.0. The Hall–Kier alpha value is -8.40. The molecule has 0 atom stereocenters. The van der Waals surface area contributed by atoms with Crippen LogP contribution in [0.2, 0.25) is 0 Å². The van der Waals surface area contributed by atoms with Gasteiger partial charge in [-0.25, -0.2) is 0 Å². The zero-order valence-electron chi connectivity index (χ0n) is 52.4. The highest BCUT2D eigenvalue weighted by atomic mass is 15.2. The largest absolute Gasteiger partial charge is 0.311 e. The van der Waals surface area contributed by atoms with Crippen molar-refractivity contribution in [2.75, 3.05) is 9.80 Å². The Morgan fingerprint density at radius 2 is 0.659 bits per heavy atom. The van der Waals surface area contributed by atoms with Crippen LogP contribution >= 0.6 is 0 Å². The molecule has 15 rings (SSSR count). The quantitative estimate of drug-likeness (QED) is 0.0988. The average Bonchev–Trinajstić information content (AvgIpc) is 0.719. The summed E-state index contributed by atoms with van der Waals surface area (Å²) in [6.45, 7) is 35.4. The molecule has 0 saturated carbocycles. The molecule has 0 aliphatic carbocycles. The molecule has 0 bridgehead atoms. The zero-order valence-corrected chi connectivity index (χ0v) is 52.4. The maximum absolute atomic E-state index is 2.72. The molecule has 2 aliphatic rings. The van der Waals surface area contributed by atoms with Crippen LogP contribution in [0.15, 0.2) is 194 Å². The molecule has 2 nitrogen and oxygen atoms in total. The van der Waals surface area contributed by atoms with E-state index in [1.54, 1.807) is 0 Å². The van der Waals surface area contributed by atoms with Crippen LogP contribution in [0.25, 0.3) is 86.5 Å². The minimum atomic E-state index is -0.116. The molecule has 0 aromatic heterocycles. The summed E-state index contributed by atoms with van der Waals surface area (Å²) in [6.07, 6.45) is 0. The van der Waals surface area contributed by atoms with Crippen molar-refractivity contribution in [2.24, 2.45) is 0 Å². The van der Waals surface area contributed by atoms with E-state index in [1.807, 2.05) is 0 Å². The summed E-state index contributed by atoms with van der Waals surface area (Å²) in [5, 5.41) is 17.9. The molecule has 0 N–H and O–H groups in total. The summed E-state index contributed by atoms with van der Waals surface area (Å²) in [7, 11) is 0. The number of nitrogens with zero attached hydrogens (tertiary/aromatic N) is 2. The molecule has 418 valence electrons. The lowest BCUT2D eigenvalue weighted by atomic mass is 9.33. The second-order valence-electron chi connectivity index (χ2n) is 30.4. The number of rotatable bonds is 3. The van der Waals surface area contributed by atoms with E-state index >= 15 is 0 Å². The number of benzene rings is 13. The minimum Gasteiger partial charge on any atom is -0.311 e. The van der Waals surface area contributed by atoms with E-state index in [-0.39, 0.29) is 33.8 Å². The van der Waals surface area contributed by atoms with E-state index in [0.717, 1.165) is 0 Å². The van der Waals surface area contributed by atoms with Crippen molar-refractivity contribution < 1.29 is 0 Å². The van der Waals surface area contributed by atoms with E-state index < -0.39 is 0 Å². The molecule has 0 radical (unpaired) electrons. The van der Waals surface area contributed by atoms with Crippen molar-refractivity contribution in [1.82, 2.24) is 0 Å². The van der Waals surface area contributed by atoms with Crippen molar-refractivity contribution in [3.05, 3.63) is 222 Å². The second-order valence-corrected chi connectivity index (χ2v) is 30.4. The van der Waals surface area contributed by atoms with E-state index in [2.05, 4.69) is 308 Å². The van der Waals surface area contributed by atoms with Crippen molar-refractivity contribution in [1.29, 1.82) is 0 Å². The lowest BCUT2D eigenvalue weighted by Gasteiger charge is -2.46. The van der Waals surface area contributed by atoms with Gasteiger partial charge in [-0.3, -0.25) is 0 Å². The third kappa shape index (κ3) is 8.42. The van der Waals surface area contributed by atoms with Crippen LogP contribution in [-0.4, -0.2) is 6.71 Å². The fraction of sp³-hybridized carbons (Fsp3) is 0.244. The van der Waals surface area contributed by atoms with Crippen molar-refractivity contribution in [3.8, 4) is 11.1 Å². The van der Waals surface area contributed by atoms with E-state index in [4.69, 9.17) is 0 Å². The first-order chi connectivity index (χ1) is 40.3. The monoisotopic (exact) mass is 1100 g/mol. The Bertz CT molecular complexity index is 4670. The number of hydrogen-bond acceptors (Lipinski definition) is 2. The van der Waals surface area contributed by atoms with Crippen LogP contribution in [0.1, 0.15) is 132 Å². The smallest absolute Gasteiger partial charge is 0.252 e. The molecular weight excluding hydrogens is 1020 g/mol. The van der Waals surface area contributed by atoms with Crippen LogP contribution in [0.3, 0.4) is 0 Å².